The predicted octanol–water partition coefficient (Wildman–Crippen LogP) is 1.10. The molecule has 3 heterocycles. The number of carbonyl (C=O) groups excluding carboxylic acids is 4. The number of rotatable bonds is 3. The summed E-state index contributed by atoms with van der Waals surface area (Å²) in [6.45, 7) is 2.05. The van der Waals surface area contributed by atoms with Gasteiger partial charge in [0.1, 0.15) is 6.04 Å². The summed E-state index contributed by atoms with van der Waals surface area (Å²) < 4.78 is 0. The van der Waals surface area contributed by atoms with Gasteiger partial charge in [-0.05, 0) is 35.2 Å². The summed E-state index contributed by atoms with van der Waals surface area (Å²) in [4.78, 5) is 52.6. The molecule has 3 aliphatic heterocycles. The summed E-state index contributed by atoms with van der Waals surface area (Å²) in [5, 5.41) is 2.21. The lowest BCUT2D eigenvalue weighted by Gasteiger charge is -2.32. The number of carbonyl (C=O) groups is 4. The van der Waals surface area contributed by atoms with Gasteiger partial charge in [0.05, 0.1) is 11.1 Å². The summed E-state index contributed by atoms with van der Waals surface area (Å²) in [5.41, 5.74) is 10.2. The van der Waals surface area contributed by atoms with Crippen LogP contribution in [0.4, 0.5) is 0 Å². The van der Waals surface area contributed by atoms with Crippen molar-refractivity contribution in [1.29, 1.82) is 0 Å². The van der Waals surface area contributed by atoms with Crippen LogP contribution in [0.3, 0.4) is 0 Å². The number of amides is 4. The minimum absolute atomic E-state index is 0.0781. The predicted molar refractivity (Wildman–Crippen MR) is 111 cm³/mol. The molecule has 3 N–H and O–H groups in total. The lowest BCUT2D eigenvalue weighted by atomic mass is 9.95. The van der Waals surface area contributed by atoms with Gasteiger partial charge in [0.25, 0.3) is 11.8 Å². The lowest BCUT2D eigenvalue weighted by Crippen LogP contribution is -2.54. The van der Waals surface area contributed by atoms with Crippen LogP contribution >= 0.6 is 0 Å². The molecule has 0 aliphatic carbocycles. The van der Waals surface area contributed by atoms with E-state index >= 15 is 0 Å². The van der Waals surface area contributed by atoms with Crippen molar-refractivity contribution in [2.45, 2.75) is 38.0 Å². The Morgan fingerprint density at radius 2 is 1.77 bits per heavy atom. The fourth-order valence-electron chi connectivity index (χ4n) is 4.72. The Balaban J connectivity index is 1.36. The fourth-order valence-corrected chi connectivity index (χ4v) is 4.72. The molecule has 0 aromatic heterocycles. The van der Waals surface area contributed by atoms with Crippen LogP contribution in [0.2, 0.25) is 0 Å². The van der Waals surface area contributed by atoms with Gasteiger partial charge in [-0.3, -0.25) is 34.3 Å². The minimum atomic E-state index is -0.954. The summed E-state index contributed by atoms with van der Waals surface area (Å²) in [6.07, 6.45) is 0.250. The van der Waals surface area contributed by atoms with Crippen molar-refractivity contribution in [2.75, 3.05) is 6.54 Å². The van der Waals surface area contributed by atoms with Gasteiger partial charge in [-0.1, -0.05) is 30.3 Å². The van der Waals surface area contributed by atoms with E-state index in [2.05, 4.69) is 22.3 Å². The summed E-state index contributed by atoms with van der Waals surface area (Å²) >= 11 is 0. The summed E-state index contributed by atoms with van der Waals surface area (Å²) in [5.74, 6) is -1.97. The number of nitrogens with one attached hydrogen (secondary N) is 1. The number of imide groups is 2. The summed E-state index contributed by atoms with van der Waals surface area (Å²) in [6, 6.07) is 12.3. The van der Waals surface area contributed by atoms with E-state index in [1.807, 2.05) is 18.2 Å². The summed E-state index contributed by atoms with van der Waals surface area (Å²) in [7, 11) is 0. The zero-order valence-corrected chi connectivity index (χ0v) is 16.8. The molecule has 0 spiro atoms. The van der Waals surface area contributed by atoms with Crippen LogP contribution < -0.4 is 11.1 Å². The van der Waals surface area contributed by atoms with Crippen molar-refractivity contribution in [3.8, 4) is 0 Å². The van der Waals surface area contributed by atoms with E-state index in [9.17, 15) is 19.2 Å². The first-order chi connectivity index (χ1) is 14.9. The molecular formula is C23H22N4O4. The molecule has 0 bridgehead atoms. The average molecular weight is 418 g/mol. The third-order valence-electron chi connectivity index (χ3n) is 6.21. The highest BCUT2D eigenvalue weighted by atomic mass is 16.2. The van der Waals surface area contributed by atoms with Crippen molar-refractivity contribution >= 4 is 23.6 Å². The molecule has 3 aliphatic rings. The molecule has 5 rings (SSSR count). The normalized spacial score (nSPS) is 23.6. The van der Waals surface area contributed by atoms with E-state index in [0.29, 0.717) is 24.2 Å². The second-order valence-electron chi connectivity index (χ2n) is 8.30. The number of piperidine rings is 1. The first-order valence-corrected chi connectivity index (χ1v) is 10.3. The molecule has 2 atom stereocenters. The van der Waals surface area contributed by atoms with Crippen LogP contribution in [0.5, 0.6) is 0 Å². The molecule has 0 radical (unpaired) electrons. The third kappa shape index (κ3) is 3.34. The second-order valence-corrected chi connectivity index (χ2v) is 8.30. The highest BCUT2D eigenvalue weighted by Gasteiger charge is 2.44. The molecule has 0 saturated carbocycles. The quantitative estimate of drug-likeness (QED) is 0.722. The van der Waals surface area contributed by atoms with Crippen LogP contribution in [-0.4, -0.2) is 46.0 Å². The Morgan fingerprint density at radius 3 is 2.58 bits per heavy atom. The maximum Gasteiger partial charge on any atom is 0.262 e. The van der Waals surface area contributed by atoms with Crippen molar-refractivity contribution in [3.05, 3.63) is 70.3 Å². The molecule has 2 aromatic carbocycles. The van der Waals surface area contributed by atoms with E-state index in [-0.39, 0.29) is 24.8 Å². The first kappa shape index (κ1) is 19.6. The molecular weight excluding hydrogens is 396 g/mol. The Hall–Kier alpha value is -3.36. The standard InChI is InChI=1S/C23H22N4O4/c24-18-12-26(11-14-3-1-2-4-15(14)18)10-13-5-6-16-17(9-13)23(31)27(22(16)30)19-7-8-20(28)25-21(19)29/h1-6,9,18-19H,7-8,10-12,24H2,(H,25,28,29). The number of benzene rings is 2. The SMILES string of the molecule is NC1CN(Cc2ccc3c(c2)C(=O)N(C2CCC(=O)NC2=O)C3=O)Cc2ccccc21. The van der Waals surface area contributed by atoms with Gasteiger partial charge in [-0.25, -0.2) is 0 Å². The van der Waals surface area contributed by atoms with E-state index in [1.165, 1.54) is 5.56 Å². The Labute approximate surface area is 179 Å². The second kappa shape index (κ2) is 7.40. The highest BCUT2D eigenvalue weighted by molar-refractivity contribution is 6.23. The first-order valence-electron chi connectivity index (χ1n) is 10.3. The molecule has 2 aromatic rings. The zero-order chi connectivity index (χ0) is 21.7. The molecule has 8 heteroatoms. The zero-order valence-electron chi connectivity index (χ0n) is 16.8. The van der Waals surface area contributed by atoms with Crippen LogP contribution in [0.1, 0.15) is 56.3 Å². The van der Waals surface area contributed by atoms with E-state index in [1.54, 1.807) is 12.1 Å². The monoisotopic (exact) mass is 418 g/mol. The molecule has 2 unspecified atom stereocenters. The van der Waals surface area contributed by atoms with Gasteiger partial charge in [-0.15, -0.1) is 0 Å². The van der Waals surface area contributed by atoms with Gasteiger partial charge in [0, 0.05) is 32.1 Å². The topological polar surface area (TPSA) is 113 Å². The third-order valence-corrected chi connectivity index (χ3v) is 6.21. The molecule has 31 heavy (non-hydrogen) atoms. The average Bonchev–Trinajstić information content (AvgIpc) is 2.98. The van der Waals surface area contributed by atoms with Crippen LogP contribution in [0, 0.1) is 0 Å². The van der Waals surface area contributed by atoms with E-state index < -0.39 is 23.8 Å². The van der Waals surface area contributed by atoms with Gasteiger partial charge < -0.3 is 5.73 Å². The number of fused-ring (bicyclic) bond motifs is 2. The fraction of sp³-hybridized carbons (Fsp3) is 0.304. The van der Waals surface area contributed by atoms with E-state index in [4.69, 9.17) is 5.73 Å². The minimum Gasteiger partial charge on any atom is -0.323 e. The maximum absolute atomic E-state index is 13.0. The van der Waals surface area contributed by atoms with Gasteiger partial charge in [0.15, 0.2) is 0 Å². The van der Waals surface area contributed by atoms with E-state index in [0.717, 1.165) is 22.6 Å². The van der Waals surface area contributed by atoms with Crippen LogP contribution in [-0.2, 0) is 22.7 Å². The van der Waals surface area contributed by atoms with Crippen molar-refractivity contribution < 1.29 is 19.2 Å². The largest absolute Gasteiger partial charge is 0.323 e. The Kier molecular flexibility index (Phi) is 4.68. The molecule has 158 valence electrons. The molecule has 1 fully saturated rings. The van der Waals surface area contributed by atoms with Gasteiger partial charge >= 0.3 is 0 Å². The van der Waals surface area contributed by atoms with Gasteiger partial charge in [-0.2, -0.15) is 0 Å². The van der Waals surface area contributed by atoms with Crippen molar-refractivity contribution in [3.63, 3.8) is 0 Å². The molecule has 4 amide bonds. The van der Waals surface area contributed by atoms with Crippen LogP contribution in [0.15, 0.2) is 42.5 Å². The smallest absolute Gasteiger partial charge is 0.262 e. The van der Waals surface area contributed by atoms with Crippen molar-refractivity contribution in [2.24, 2.45) is 5.73 Å². The number of hydrogen-bond acceptors (Lipinski definition) is 6. The van der Waals surface area contributed by atoms with Gasteiger partial charge in [0.2, 0.25) is 11.8 Å². The number of nitrogens with two attached hydrogens (primary N) is 1. The maximum atomic E-state index is 13.0. The highest BCUT2D eigenvalue weighted by Crippen LogP contribution is 2.30. The van der Waals surface area contributed by atoms with Crippen LogP contribution in [0.25, 0.3) is 0 Å². The Morgan fingerprint density at radius 1 is 1.00 bits per heavy atom. The number of hydrogen-bond donors (Lipinski definition) is 2. The molecule has 8 nitrogen and oxygen atoms in total. The molecule has 1 saturated heterocycles. The number of nitrogens with zero attached hydrogens (tertiary/aromatic N) is 2. The van der Waals surface area contributed by atoms with Crippen molar-refractivity contribution in [1.82, 2.24) is 15.1 Å². The lowest BCUT2D eigenvalue weighted by molar-refractivity contribution is -0.136. The Bertz CT molecular complexity index is 1130.